The van der Waals surface area contributed by atoms with Gasteiger partial charge in [-0.3, -0.25) is 9.59 Å². The number of benzene rings is 1. The largest absolute Gasteiger partial charge is 0.378 e. The molecule has 1 aromatic rings. The number of morpholine rings is 1. The van der Waals surface area contributed by atoms with Crippen molar-refractivity contribution in [1.29, 1.82) is 0 Å². The van der Waals surface area contributed by atoms with Crippen LogP contribution in [-0.2, 0) is 9.53 Å². The Morgan fingerprint density at radius 1 is 1.14 bits per heavy atom. The number of carbonyl (C=O) groups excluding carboxylic acids is 2. The van der Waals surface area contributed by atoms with Gasteiger partial charge in [-0.2, -0.15) is 0 Å². The minimum Gasteiger partial charge on any atom is -0.378 e. The second-order valence-corrected chi connectivity index (χ2v) is 5.59. The molecule has 1 aromatic carbocycles. The van der Waals surface area contributed by atoms with Crippen LogP contribution in [0.5, 0.6) is 0 Å². The van der Waals surface area contributed by atoms with Crippen LogP contribution in [0.25, 0.3) is 0 Å². The zero-order chi connectivity index (χ0) is 14.9. The molecule has 0 aromatic heterocycles. The van der Waals surface area contributed by atoms with Crippen molar-refractivity contribution >= 4 is 17.5 Å². The van der Waals surface area contributed by atoms with Crippen LogP contribution in [0.2, 0.25) is 0 Å². The van der Waals surface area contributed by atoms with E-state index in [0.717, 1.165) is 12.8 Å². The summed E-state index contributed by atoms with van der Waals surface area (Å²) < 4.78 is 5.23. The second-order valence-electron chi connectivity index (χ2n) is 5.59. The highest BCUT2D eigenvalue weighted by atomic mass is 16.5. The molecule has 6 nitrogen and oxygen atoms in total. The molecule has 0 unspecified atom stereocenters. The highest BCUT2D eigenvalue weighted by molar-refractivity contribution is 6.00. The van der Waals surface area contributed by atoms with Crippen molar-refractivity contribution in [3.63, 3.8) is 0 Å². The number of nitrogens with two attached hydrogens (primary N) is 1. The Hall–Kier alpha value is -1.92. The molecule has 0 spiro atoms. The van der Waals surface area contributed by atoms with E-state index < -0.39 is 5.54 Å². The van der Waals surface area contributed by atoms with Gasteiger partial charge < -0.3 is 20.7 Å². The zero-order valence-corrected chi connectivity index (χ0v) is 11.8. The van der Waals surface area contributed by atoms with Crippen LogP contribution in [-0.4, -0.2) is 48.6 Å². The Morgan fingerprint density at radius 3 is 2.33 bits per heavy atom. The van der Waals surface area contributed by atoms with E-state index in [-0.39, 0.29) is 11.8 Å². The third-order valence-electron chi connectivity index (χ3n) is 3.93. The Morgan fingerprint density at radius 2 is 1.76 bits per heavy atom. The molecule has 1 aliphatic heterocycles. The van der Waals surface area contributed by atoms with E-state index in [1.165, 1.54) is 0 Å². The Kier molecular flexibility index (Phi) is 3.65. The first kappa shape index (κ1) is 14.0. The summed E-state index contributed by atoms with van der Waals surface area (Å²) in [4.78, 5) is 25.9. The van der Waals surface area contributed by atoms with Gasteiger partial charge in [0.15, 0.2) is 0 Å². The van der Waals surface area contributed by atoms with E-state index in [2.05, 4.69) is 5.32 Å². The number of ether oxygens (including phenoxy) is 1. The number of nitrogens with one attached hydrogen (secondary N) is 1. The minimum absolute atomic E-state index is 0.00587. The van der Waals surface area contributed by atoms with Gasteiger partial charge in [-0.25, -0.2) is 0 Å². The lowest BCUT2D eigenvalue weighted by Crippen LogP contribution is -2.40. The van der Waals surface area contributed by atoms with Gasteiger partial charge in [-0.05, 0) is 37.1 Å². The molecule has 1 aliphatic carbocycles. The molecule has 2 aliphatic rings. The van der Waals surface area contributed by atoms with Gasteiger partial charge in [0.1, 0.15) is 0 Å². The van der Waals surface area contributed by atoms with Crippen LogP contribution in [0.1, 0.15) is 23.2 Å². The van der Waals surface area contributed by atoms with Crippen molar-refractivity contribution in [2.45, 2.75) is 18.4 Å². The second kappa shape index (κ2) is 5.46. The fraction of sp³-hybridized carbons (Fsp3) is 0.467. The molecule has 3 N–H and O–H groups in total. The van der Waals surface area contributed by atoms with Gasteiger partial charge in [0.2, 0.25) is 5.91 Å². The van der Waals surface area contributed by atoms with Crippen molar-refractivity contribution < 1.29 is 14.3 Å². The quantitative estimate of drug-likeness (QED) is 0.853. The highest BCUT2D eigenvalue weighted by Crippen LogP contribution is 2.33. The van der Waals surface area contributed by atoms with Crippen LogP contribution in [0, 0.1) is 0 Å². The predicted molar refractivity (Wildman–Crippen MR) is 77.9 cm³/mol. The van der Waals surface area contributed by atoms with E-state index in [1.54, 1.807) is 29.2 Å². The summed E-state index contributed by atoms with van der Waals surface area (Å²) in [6.07, 6.45) is 1.46. The molecule has 112 valence electrons. The molecule has 21 heavy (non-hydrogen) atoms. The van der Waals surface area contributed by atoms with Crippen LogP contribution in [0.4, 0.5) is 5.69 Å². The predicted octanol–water partition coefficient (Wildman–Crippen LogP) is 0.589. The molecule has 1 saturated heterocycles. The van der Waals surface area contributed by atoms with E-state index >= 15 is 0 Å². The summed E-state index contributed by atoms with van der Waals surface area (Å²) in [6.45, 7) is 2.40. The molecule has 1 heterocycles. The summed E-state index contributed by atoms with van der Waals surface area (Å²) >= 11 is 0. The first-order chi connectivity index (χ1) is 10.1. The van der Waals surface area contributed by atoms with Crippen molar-refractivity contribution in [3.8, 4) is 0 Å². The minimum atomic E-state index is -0.692. The van der Waals surface area contributed by atoms with Crippen LogP contribution < -0.4 is 11.1 Å². The Balaban J connectivity index is 1.63. The number of anilines is 1. The molecule has 3 rings (SSSR count). The first-order valence-electron chi connectivity index (χ1n) is 7.16. The van der Waals surface area contributed by atoms with Gasteiger partial charge in [0.25, 0.3) is 5.91 Å². The molecule has 6 heteroatoms. The lowest BCUT2D eigenvalue weighted by Gasteiger charge is -2.26. The van der Waals surface area contributed by atoms with E-state index in [9.17, 15) is 9.59 Å². The van der Waals surface area contributed by atoms with Crippen LogP contribution in [0.3, 0.4) is 0 Å². The van der Waals surface area contributed by atoms with Gasteiger partial charge >= 0.3 is 0 Å². The fourth-order valence-electron chi connectivity index (χ4n) is 2.26. The molecule has 0 bridgehead atoms. The molecular weight excluding hydrogens is 270 g/mol. The van der Waals surface area contributed by atoms with Gasteiger partial charge in [0.05, 0.1) is 18.8 Å². The standard InChI is InChI=1S/C15H19N3O3/c16-15(5-6-15)14(20)17-12-3-1-11(2-4-12)13(19)18-7-9-21-10-8-18/h1-4H,5-10,16H2,(H,17,20). The van der Waals surface area contributed by atoms with Crippen LogP contribution in [0.15, 0.2) is 24.3 Å². The van der Waals surface area contributed by atoms with Crippen molar-refractivity contribution in [1.82, 2.24) is 4.90 Å². The number of carbonyl (C=O) groups is 2. The summed E-state index contributed by atoms with van der Waals surface area (Å²) in [5.41, 5.74) is 6.41. The highest BCUT2D eigenvalue weighted by Gasteiger charge is 2.45. The fourth-order valence-corrected chi connectivity index (χ4v) is 2.26. The number of hydrogen-bond donors (Lipinski definition) is 2. The van der Waals surface area contributed by atoms with E-state index in [0.29, 0.717) is 37.6 Å². The molecule has 1 saturated carbocycles. The number of amides is 2. The summed E-state index contributed by atoms with van der Waals surface area (Å²) in [5, 5.41) is 2.78. The topological polar surface area (TPSA) is 84.7 Å². The molecular formula is C15H19N3O3. The third-order valence-corrected chi connectivity index (χ3v) is 3.93. The van der Waals surface area contributed by atoms with Crippen molar-refractivity contribution in [2.75, 3.05) is 31.6 Å². The lowest BCUT2D eigenvalue weighted by molar-refractivity contribution is -0.118. The van der Waals surface area contributed by atoms with Crippen molar-refractivity contribution in [2.24, 2.45) is 5.73 Å². The molecule has 2 fully saturated rings. The zero-order valence-electron chi connectivity index (χ0n) is 11.8. The van der Waals surface area contributed by atoms with Crippen LogP contribution >= 0.6 is 0 Å². The molecule has 2 amide bonds. The third kappa shape index (κ3) is 3.06. The average Bonchev–Trinajstić information content (AvgIpc) is 3.27. The maximum absolute atomic E-state index is 12.3. The summed E-state index contributed by atoms with van der Waals surface area (Å²) in [6, 6.07) is 6.92. The van der Waals surface area contributed by atoms with Gasteiger partial charge in [-0.1, -0.05) is 0 Å². The van der Waals surface area contributed by atoms with Gasteiger partial charge in [-0.15, -0.1) is 0 Å². The molecule has 0 atom stereocenters. The monoisotopic (exact) mass is 289 g/mol. The first-order valence-corrected chi connectivity index (χ1v) is 7.16. The van der Waals surface area contributed by atoms with E-state index in [4.69, 9.17) is 10.5 Å². The maximum atomic E-state index is 12.3. The van der Waals surface area contributed by atoms with Gasteiger partial charge in [0, 0.05) is 24.3 Å². The average molecular weight is 289 g/mol. The van der Waals surface area contributed by atoms with E-state index in [1.807, 2.05) is 0 Å². The maximum Gasteiger partial charge on any atom is 0.254 e. The number of hydrogen-bond acceptors (Lipinski definition) is 4. The Bertz CT molecular complexity index is 546. The number of rotatable bonds is 3. The Labute approximate surface area is 123 Å². The normalized spacial score (nSPS) is 20.0. The SMILES string of the molecule is NC1(C(=O)Nc2ccc(C(=O)N3CCOCC3)cc2)CC1. The molecule has 0 radical (unpaired) electrons. The lowest BCUT2D eigenvalue weighted by atomic mass is 10.1. The van der Waals surface area contributed by atoms with Crippen molar-refractivity contribution in [3.05, 3.63) is 29.8 Å². The summed E-state index contributed by atoms with van der Waals surface area (Å²) in [7, 11) is 0. The summed E-state index contributed by atoms with van der Waals surface area (Å²) in [5.74, 6) is -0.163. The number of nitrogens with zero attached hydrogens (tertiary/aromatic N) is 1. The smallest absolute Gasteiger partial charge is 0.254 e.